The van der Waals surface area contributed by atoms with Gasteiger partial charge in [-0.15, -0.1) is 0 Å². The number of rotatable bonds is 9. The van der Waals surface area contributed by atoms with E-state index < -0.39 is 49.4 Å². The Morgan fingerprint density at radius 1 is 1.29 bits per heavy atom. The third-order valence-electron chi connectivity index (χ3n) is 5.54. The first-order valence-corrected chi connectivity index (χ1v) is 12.6. The van der Waals surface area contributed by atoms with Gasteiger partial charge in [0, 0.05) is 12.3 Å². The van der Waals surface area contributed by atoms with Crippen LogP contribution in [0.2, 0.25) is 0 Å². The van der Waals surface area contributed by atoms with Crippen LogP contribution in [0.3, 0.4) is 0 Å². The van der Waals surface area contributed by atoms with Crippen LogP contribution in [0.15, 0.2) is 47.4 Å². The molecule has 1 aromatic heterocycles. The van der Waals surface area contributed by atoms with E-state index in [4.69, 9.17) is 23.3 Å². The maximum absolute atomic E-state index is 13.6. The molecule has 2 aliphatic heterocycles. The summed E-state index contributed by atoms with van der Waals surface area (Å²) in [5.41, 5.74) is -1.74. The van der Waals surface area contributed by atoms with Gasteiger partial charge in [0.2, 0.25) is 0 Å². The molecular formula is C22H28N3O9P. The van der Waals surface area contributed by atoms with Gasteiger partial charge in [-0.05, 0) is 39.8 Å². The summed E-state index contributed by atoms with van der Waals surface area (Å²) in [6, 6.07) is 8.57. The van der Waals surface area contributed by atoms with E-state index in [1.54, 1.807) is 51.1 Å². The quantitative estimate of drug-likeness (QED) is 0.377. The highest BCUT2D eigenvalue weighted by Gasteiger charge is 2.61. The van der Waals surface area contributed by atoms with Gasteiger partial charge in [0.05, 0.1) is 12.7 Å². The fourth-order valence-electron chi connectivity index (χ4n) is 3.83. The van der Waals surface area contributed by atoms with Crippen molar-refractivity contribution in [1.82, 2.24) is 14.6 Å². The number of carbonyl (C=O) groups excluding carboxylic acids is 1. The first kappa shape index (κ1) is 25.3. The van der Waals surface area contributed by atoms with E-state index in [-0.39, 0.29) is 24.5 Å². The molecule has 0 amide bonds. The second-order valence-corrected chi connectivity index (χ2v) is 10.4. The van der Waals surface area contributed by atoms with Crippen LogP contribution in [0.25, 0.3) is 0 Å². The number of ether oxygens (including phenoxy) is 3. The fourth-order valence-corrected chi connectivity index (χ4v) is 5.33. The topological polar surface area (TPSA) is 147 Å². The molecule has 13 heteroatoms. The summed E-state index contributed by atoms with van der Waals surface area (Å²) in [6.07, 6.45) is -1.89. The summed E-state index contributed by atoms with van der Waals surface area (Å²) in [5, 5.41) is 13.5. The minimum absolute atomic E-state index is 0.0284. The molecule has 2 aromatic rings. The van der Waals surface area contributed by atoms with Gasteiger partial charge in [0.15, 0.2) is 11.8 Å². The number of para-hydroxylation sites is 1. The zero-order valence-electron chi connectivity index (χ0n) is 19.7. The van der Waals surface area contributed by atoms with Crippen LogP contribution in [-0.2, 0) is 23.4 Å². The van der Waals surface area contributed by atoms with Crippen LogP contribution >= 0.6 is 7.75 Å². The molecule has 0 spiro atoms. The third kappa shape index (κ3) is 5.26. The highest BCUT2D eigenvalue weighted by Crippen LogP contribution is 2.49. The van der Waals surface area contributed by atoms with Crippen LogP contribution in [0.4, 0.5) is 0 Å². The summed E-state index contributed by atoms with van der Waals surface area (Å²) in [7, 11) is -4.14. The van der Waals surface area contributed by atoms with Crippen LogP contribution in [0.1, 0.15) is 33.9 Å². The number of nitrogens with zero attached hydrogens (tertiary/aromatic N) is 2. The minimum atomic E-state index is -4.14. The number of esters is 1. The van der Waals surface area contributed by atoms with Gasteiger partial charge in [-0.25, -0.2) is 4.57 Å². The van der Waals surface area contributed by atoms with Crippen LogP contribution in [0, 0.1) is 0 Å². The first-order valence-electron chi connectivity index (χ1n) is 11.1. The van der Waals surface area contributed by atoms with Crippen molar-refractivity contribution in [1.29, 1.82) is 0 Å². The van der Waals surface area contributed by atoms with E-state index in [1.807, 2.05) is 0 Å². The lowest BCUT2D eigenvalue weighted by Crippen LogP contribution is -2.46. The van der Waals surface area contributed by atoms with Gasteiger partial charge in [-0.2, -0.15) is 10.1 Å². The van der Waals surface area contributed by atoms with Crippen molar-refractivity contribution in [2.75, 3.05) is 6.61 Å². The zero-order valence-corrected chi connectivity index (χ0v) is 20.6. The molecule has 1 unspecified atom stereocenters. The molecule has 1 fully saturated rings. The Hall–Kier alpha value is -2.76. The molecule has 0 aliphatic carbocycles. The van der Waals surface area contributed by atoms with E-state index in [0.29, 0.717) is 0 Å². The van der Waals surface area contributed by atoms with E-state index in [9.17, 15) is 19.3 Å². The van der Waals surface area contributed by atoms with Gasteiger partial charge in [-0.3, -0.25) is 18.7 Å². The van der Waals surface area contributed by atoms with E-state index >= 15 is 0 Å². The molecule has 3 heterocycles. The second-order valence-electron chi connectivity index (χ2n) is 8.75. The highest BCUT2D eigenvalue weighted by molar-refractivity contribution is 7.52. The number of aliphatic hydroxyl groups excluding tert-OH is 1. The number of hydrogen-bond donors (Lipinski definition) is 2. The van der Waals surface area contributed by atoms with Crippen molar-refractivity contribution in [3.05, 3.63) is 52.9 Å². The fraction of sp³-hybridized carbons (Fsp3) is 0.500. The molecule has 12 nitrogen and oxygen atoms in total. The van der Waals surface area contributed by atoms with Crippen molar-refractivity contribution in [3.8, 4) is 11.8 Å². The predicted octanol–water partition coefficient (Wildman–Crippen LogP) is 1.79. The Bertz CT molecular complexity index is 1170. The summed E-state index contributed by atoms with van der Waals surface area (Å²) in [6.45, 7) is 6.12. The molecular weight excluding hydrogens is 481 g/mol. The lowest BCUT2D eigenvalue weighted by atomic mass is 9.97. The average molecular weight is 509 g/mol. The molecule has 6 atom stereocenters. The van der Waals surface area contributed by atoms with Crippen molar-refractivity contribution < 1.29 is 37.7 Å². The van der Waals surface area contributed by atoms with Gasteiger partial charge in [0.25, 0.3) is 5.56 Å². The highest BCUT2D eigenvalue weighted by atomic mass is 31.2. The Labute approximate surface area is 201 Å². The largest absolute Gasteiger partial charge is 0.462 e. The standard InChI is InChI=1S/C22H28N3O9P/c1-13(2)31-19(28)14(3)24-35(29,34-15-8-6-5-7-9-15)30-12-16-18(27)22(4)20(32-16)25-11-10-17(26)23-21(25)33-22/h5-11,13-14,16,18,20,27H,12H2,1-4H3,(H,24,29)/t14-,16+,18+,20+,22-,35?/m0/s1. The summed E-state index contributed by atoms with van der Waals surface area (Å²) in [4.78, 5) is 27.6. The van der Waals surface area contributed by atoms with Gasteiger partial charge in [-0.1, -0.05) is 18.2 Å². The van der Waals surface area contributed by atoms with Crippen molar-refractivity contribution in [2.24, 2.45) is 0 Å². The lowest BCUT2D eigenvalue weighted by molar-refractivity contribution is -0.149. The van der Waals surface area contributed by atoms with Crippen molar-refractivity contribution in [2.45, 2.75) is 63.9 Å². The van der Waals surface area contributed by atoms with Crippen LogP contribution in [-0.4, -0.2) is 57.2 Å². The number of fused-ring (bicyclic) bond motifs is 3. The predicted molar refractivity (Wildman–Crippen MR) is 122 cm³/mol. The lowest BCUT2D eigenvalue weighted by Gasteiger charge is -2.26. The Balaban J connectivity index is 1.49. The Kier molecular flexibility index (Phi) is 7.03. The Morgan fingerprint density at radius 2 is 2.00 bits per heavy atom. The summed E-state index contributed by atoms with van der Waals surface area (Å²) >= 11 is 0. The third-order valence-corrected chi connectivity index (χ3v) is 7.18. The number of aliphatic hydroxyl groups is 1. The molecule has 2 N–H and O–H groups in total. The van der Waals surface area contributed by atoms with Gasteiger partial charge in [0.1, 0.15) is 24.0 Å². The molecule has 2 aliphatic rings. The molecule has 0 bridgehead atoms. The smallest absolute Gasteiger partial charge is 0.459 e. The number of carbonyl (C=O) groups is 1. The number of aromatic nitrogens is 2. The number of hydrogen-bond acceptors (Lipinski definition) is 10. The van der Waals surface area contributed by atoms with Crippen molar-refractivity contribution in [3.63, 3.8) is 0 Å². The van der Waals surface area contributed by atoms with Gasteiger partial charge < -0.3 is 23.8 Å². The molecule has 4 rings (SSSR count). The molecule has 0 saturated carbocycles. The van der Waals surface area contributed by atoms with Crippen molar-refractivity contribution >= 4 is 13.7 Å². The number of nitrogens with one attached hydrogen (secondary N) is 1. The molecule has 190 valence electrons. The first-order chi connectivity index (χ1) is 16.5. The summed E-state index contributed by atoms with van der Waals surface area (Å²) in [5.74, 6) is -0.386. The SMILES string of the molecule is CC(C)OC(=O)[C@H](C)NP(=O)(OC[C@H]1O[C@H]2n3ccc(=O)nc3O[C@@]2(C)[C@@H]1O)Oc1ccccc1. The van der Waals surface area contributed by atoms with Crippen LogP contribution in [0.5, 0.6) is 11.8 Å². The molecule has 1 saturated heterocycles. The molecule has 0 radical (unpaired) electrons. The van der Waals surface area contributed by atoms with Crippen LogP contribution < -0.4 is 19.9 Å². The number of benzene rings is 1. The average Bonchev–Trinajstić information content (AvgIpc) is 3.20. The minimum Gasteiger partial charge on any atom is -0.462 e. The zero-order chi connectivity index (χ0) is 25.4. The second kappa shape index (κ2) is 9.71. The van der Waals surface area contributed by atoms with E-state index in [1.165, 1.54) is 23.8 Å². The molecule has 35 heavy (non-hydrogen) atoms. The molecule has 1 aromatic carbocycles. The Morgan fingerprint density at radius 3 is 2.69 bits per heavy atom. The summed E-state index contributed by atoms with van der Waals surface area (Å²) < 4.78 is 43.2. The van der Waals surface area contributed by atoms with Gasteiger partial charge >= 0.3 is 19.7 Å². The maximum Gasteiger partial charge on any atom is 0.459 e. The monoisotopic (exact) mass is 509 g/mol. The maximum atomic E-state index is 13.6. The normalized spacial score (nSPS) is 27.4. The van der Waals surface area contributed by atoms with E-state index in [2.05, 4.69) is 10.1 Å². The van der Waals surface area contributed by atoms with E-state index in [0.717, 1.165) is 0 Å².